The van der Waals surface area contributed by atoms with Gasteiger partial charge in [0.2, 0.25) is 0 Å². The van der Waals surface area contributed by atoms with Crippen LogP contribution in [0.2, 0.25) is 0 Å². The fraction of sp³-hybridized carbons (Fsp3) is 0.529. The third-order valence-corrected chi connectivity index (χ3v) is 4.40. The predicted molar refractivity (Wildman–Crippen MR) is 84.9 cm³/mol. The molecule has 0 aliphatic carbocycles. The van der Waals surface area contributed by atoms with Gasteiger partial charge in [0, 0.05) is 31.2 Å². The van der Waals surface area contributed by atoms with Crippen LogP contribution >= 0.6 is 0 Å². The molecule has 22 heavy (non-hydrogen) atoms. The van der Waals surface area contributed by atoms with Crippen LogP contribution in [-0.2, 0) is 11.3 Å². The van der Waals surface area contributed by atoms with Crippen molar-refractivity contribution in [2.75, 3.05) is 20.2 Å². The van der Waals surface area contributed by atoms with E-state index in [9.17, 15) is 4.79 Å². The van der Waals surface area contributed by atoms with Crippen molar-refractivity contribution >= 4 is 11.6 Å². The molecule has 1 fully saturated rings. The zero-order chi connectivity index (χ0) is 15.7. The van der Waals surface area contributed by atoms with Crippen molar-refractivity contribution < 1.29 is 9.53 Å². The number of hydrogen-bond donors (Lipinski definition) is 0. The van der Waals surface area contributed by atoms with Crippen molar-refractivity contribution in [3.8, 4) is 0 Å². The maximum atomic E-state index is 12.0. The van der Waals surface area contributed by atoms with E-state index in [1.54, 1.807) is 6.20 Å². The number of imidazole rings is 1. The molecule has 0 spiro atoms. The molecule has 5 heteroatoms. The maximum absolute atomic E-state index is 12.0. The van der Waals surface area contributed by atoms with Gasteiger partial charge in [0.05, 0.1) is 7.11 Å². The highest BCUT2D eigenvalue weighted by Crippen LogP contribution is 2.20. The number of esters is 1. The Morgan fingerprint density at radius 3 is 3.05 bits per heavy atom. The van der Waals surface area contributed by atoms with E-state index in [1.807, 2.05) is 17.4 Å². The SMILES string of the molecule is COC(=O)c1cc(CN2CCC[C@H](C)C2)cn2c(C)cnc12. The molecule has 2 aromatic rings. The van der Waals surface area contributed by atoms with Gasteiger partial charge in [0.1, 0.15) is 5.56 Å². The van der Waals surface area contributed by atoms with Crippen LogP contribution in [-0.4, -0.2) is 40.5 Å². The monoisotopic (exact) mass is 301 g/mol. The lowest BCUT2D eigenvalue weighted by molar-refractivity contribution is 0.0602. The van der Waals surface area contributed by atoms with Gasteiger partial charge in [-0.3, -0.25) is 4.90 Å². The van der Waals surface area contributed by atoms with E-state index in [0.717, 1.165) is 36.8 Å². The summed E-state index contributed by atoms with van der Waals surface area (Å²) in [7, 11) is 1.41. The molecule has 1 atom stereocenters. The van der Waals surface area contributed by atoms with E-state index in [1.165, 1.54) is 20.0 Å². The zero-order valence-corrected chi connectivity index (χ0v) is 13.5. The van der Waals surface area contributed by atoms with E-state index < -0.39 is 0 Å². The number of aromatic nitrogens is 2. The number of aryl methyl sites for hydroxylation is 1. The van der Waals surface area contributed by atoms with Crippen molar-refractivity contribution in [1.29, 1.82) is 0 Å². The van der Waals surface area contributed by atoms with Crippen LogP contribution in [0.1, 0.15) is 41.4 Å². The first-order valence-corrected chi connectivity index (χ1v) is 7.85. The molecule has 0 saturated carbocycles. The van der Waals surface area contributed by atoms with Crippen LogP contribution in [0, 0.1) is 12.8 Å². The van der Waals surface area contributed by atoms with Crippen LogP contribution in [0.25, 0.3) is 5.65 Å². The lowest BCUT2D eigenvalue weighted by Gasteiger charge is -2.30. The number of ether oxygens (including phenoxy) is 1. The largest absolute Gasteiger partial charge is 0.465 e. The normalized spacial score (nSPS) is 19.5. The first kappa shape index (κ1) is 15.0. The number of nitrogens with zero attached hydrogens (tertiary/aromatic N) is 3. The summed E-state index contributed by atoms with van der Waals surface area (Å²) < 4.78 is 6.89. The van der Waals surface area contributed by atoms with Gasteiger partial charge >= 0.3 is 5.97 Å². The number of rotatable bonds is 3. The minimum absolute atomic E-state index is 0.329. The highest BCUT2D eigenvalue weighted by molar-refractivity contribution is 5.96. The van der Waals surface area contributed by atoms with Gasteiger partial charge in [-0.15, -0.1) is 0 Å². The summed E-state index contributed by atoms with van der Waals surface area (Å²) in [5, 5.41) is 0. The van der Waals surface area contributed by atoms with E-state index in [0.29, 0.717) is 11.2 Å². The minimum Gasteiger partial charge on any atom is -0.465 e. The van der Waals surface area contributed by atoms with E-state index in [4.69, 9.17) is 4.74 Å². The molecule has 0 radical (unpaired) electrons. The quantitative estimate of drug-likeness (QED) is 0.818. The molecule has 0 bridgehead atoms. The lowest BCUT2D eigenvalue weighted by atomic mass is 10.00. The number of carbonyl (C=O) groups is 1. The Morgan fingerprint density at radius 1 is 1.50 bits per heavy atom. The lowest BCUT2D eigenvalue weighted by Crippen LogP contribution is -2.33. The Balaban J connectivity index is 1.95. The summed E-state index contributed by atoms with van der Waals surface area (Å²) in [6.07, 6.45) is 6.43. The van der Waals surface area contributed by atoms with Gasteiger partial charge in [0.15, 0.2) is 5.65 Å². The Kier molecular flexibility index (Phi) is 4.16. The topological polar surface area (TPSA) is 46.8 Å². The van der Waals surface area contributed by atoms with Crippen molar-refractivity contribution in [3.63, 3.8) is 0 Å². The summed E-state index contributed by atoms with van der Waals surface area (Å²) in [5.41, 5.74) is 3.36. The van der Waals surface area contributed by atoms with E-state index in [-0.39, 0.29) is 5.97 Å². The zero-order valence-electron chi connectivity index (χ0n) is 13.5. The number of fused-ring (bicyclic) bond motifs is 1. The van der Waals surface area contributed by atoms with Gasteiger partial charge in [-0.1, -0.05) is 6.92 Å². The second kappa shape index (κ2) is 6.08. The molecule has 3 heterocycles. The summed E-state index contributed by atoms with van der Waals surface area (Å²) in [6.45, 7) is 7.40. The fourth-order valence-electron chi connectivity index (χ4n) is 3.30. The Bertz CT molecular complexity index is 693. The molecule has 1 aliphatic heterocycles. The third-order valence-electron chi connectivity index (χ3n) is 4.40. The smallest absolute Gasteiger partial charge is 0.341 e. The van der Waals surface area contributed by atoms with Gasteiger partial charge < -0.3 is 9.14 Å². The number of methoxy groups -OCH3 is 1. The number of hydrogen-bond acceptors (Lipinski definition) is 4. The molecule has 0 aromatic carbocycles. The molecular weight excluding hydrogens is 278 g/mol. The maximum Gasteiger partial charge on any atom is 0.341 e. The standard InChI is InChI=1S/C17H23N3O2/c1-12-5-4-6-19(9-12)10-14-7-15(17(21)22-3)16-18-8-13(2)20(16)11-14/h7-8,11-12H,4-6,9-10H2,1-3H3/t12-/m0/s1. The highest BCUT2D eigenvalue weighted by atomic mass is 16.5. The Labute approximate surface area is 130 Å². The first-order chi connectivity index (χ1) is 10.6. The molecule has 2 aromatic heterocycles. The second-order valence-electron chi connectivity index (χ2n) is 6.33. The predicted octanol–water partition coefficient (Wildman–Crippen LogP) is 2.66. The van der Waals surface area contributed by atoms with Gasteiger partial charge in [-0.25, -0.2) is 9.78 Å². The average molecular weight is 301 g/mol. The highest BCUT2D eigenvalue weighted by Gasteiger charge is 2.19. The van der Waals surface area contributed by atoms with Crippen molar-refractivity contribution in [1.82, 2.24) is 14.3 Å². The number of likely N-dealkylation sites (tertiary alicyclic amines) is 1. The summed E-state index contributed by atoms with van der Waals surface area (Å²) in [4.78, 5) is 18.8. The van der Waals surface area contributed by atoms with E-state index >= 15 is 0 Å². The summed E-state index contributed by atoms with van der Waals surface area (Å²) >= 11 is 0. The van der Waals surface area contributed by atoms with Crippen LogP contribution in [0.3, 0.4) is 0 Å². The summed E-state index contributed by atoms with van der Waals surface area (Å²) in [6, 6.07) is 1.92. The molecule has 1 aliphatic rings. The van der Waals surface area contributed by atoms with E-state index in [2.05, 4.69) is 23.0 Å². The molecule has 118 valence electrons. The molecule has 0 unspecified atom stereocenters. The van der Waals surface area contributed by atoms with Gasteiger partial charge in [-0.2, -0.15) is 0 Å². The third kappa shape index (κ3) is 2.86. The molecule has 0 N–H and O–H groups in total. The summed E-state index contributed by atoms with van der Waals surface area (Å²) in [5.74, 6) is 0.414. The number of pyridine rings is 1. The molecule has 1 saturated heterocycles. The first-order valence-electron chi connectivity index (χ1n) is 7.85. The second-order valence-corrected chi connectivity index (χ2v) is 6.33. The molecule has 3 rings (SSSR count). The number of carbonyl (C=O) groups excluding carboxylic acids is 1. The Morgan fingerprint density at radius 2 is 2.32 bits per heavy atom. The van der Waals surface area contributed by atoms with Crippen LogP contribution in [0.15, 0.2) is 18.5 Å². The van der Waals surface area contributed by atoms with Crippen LogP contribution in [0.5, 0.6) is 0 Å². The van der Waals surface area contributed by atoms with Crippen molar-refractivity contribution in [3.05, 3.63) is 35.3 Å². The molecule has 5 nitrogen and oxygen atoms in total. The average Bonchev–Trinajstić information content (AvgIpc) is 2.87. The van der Waals surface area contributed by atoms with Gasteiger partial charge in [-0.05, 0) is 43.9 Å². The Hall–Kier alpha value is -1.88. The van der Waals surface area contributed by atoms with Gasteiger partial charge in [0.25, 0.3) is 0 Å². The van der Waals surface area contributed by atoms with Crippen LogP contribution < -0.4 is 0 Å². The van der Waals surface area contributed by atoms with Crippen molar-refractivity contribution in [2.24, 2.45) is 5.92 Å². The molecular formula is C17H23N3O2. The minimum atomic E-state index is -0.329. The fourth-order valence-corrected chi connectivity index (χ4v) is 3.30. The number of piperidine rings is 1. The van der Waals surface area contributed by atoms with Crippen molar-refractivity contribution in [2.45, 2.75) is 33.2 Å². The molecule has 0 amide bonds. The van der Waals surface area contributed by atoms with Crippen LogP contribution in [0.4, 0.5) is 0 Å².